The molecule has 0 aromatic rings. The Morgan fingerprint density at radius 1 is 0.923 bits per heavy atom. The van der Waals surface area contributed by atoms with Gasteiger partial charge in [0.05, 0.1) is 0 Å². The van der Waals surface area contributed by atoms with Crippen molar-refractivity contribution in [2.24, 2.45) is 47.3 Å². The summed E-state index contributed by atoms with van der Waals surface area (Å²) >= 11 is 0. The van der Waals surface area contributed by atoms with E-state index >= 15 is 0 Å². The molecule has 0 amide bonds. The van der Waals surface area contributed by atoms with Gasteiger partial charge in [-0.25, -0.2) is 0 Å². The molecule has 8 atom stereocenters. The van der Waals surface area contributed by atoms with E-state index in [4.69, 9.17) is 0 Å². The van der Waals surface area contributed by atoms with Crippen molar-refractivity contribution < 1.29 is 4.79 Å². The molecule has 0 saturated heterocycles. The Morgan fingerprint density at radius 3 is 2.54 bits per heavy atom. The van der Waals surface area contributed by atoms with Gasteiger partial charge < -0.3 is 0 Å². The predicted octanol–water partition coefficient (Wildman–Crippen LogP) is 1.72. The molecule has 6 bridgehead atoms. The number of carbonyl (C=O) groups excluding carboxylic acids is 1. The maximum atomic E-state index is 11.8. The Kier molecular flexibility index (Phi) is 0.721. The van der Waals surface area contributed by atoms with E-state index in [0.717, 1.165) is 47.8 Å². The fourth-order valence-electron chi connectivity index (χ4n) is 6.22. The van der Waals surface area contributed by atoms with Crippen LogP contribution in [0, 0.1) is 47.3 Å². The molecule has 6 saturated carbocycles. The molecule has 1 heteroatoms. The topological polar surface area (TPSA) is 17.1 Å². The number of carbonyl (C=O) groups is 1. The van der Waals surface area contributed by atoms with E-state index in [-0.39, 0.29) is 0 Å². The third-order valence-electron chi connectivity index (χ3n) is 6.18. The van der Waals surface area contributed by atoms with Gasteiger partial charge in [0.25, 0.3) is 0 Å². The molecular weight excluding hydrogens is 160 g/mol. The van der Waals surface area contributed by atoms with Crippen molar-refractivity contribution in [3.63, 3.8) is 0 Å². The fraction of sp³-hybridized carbons (Fsp3) is 0.917. The average molecular weight is 174 g/mol. The van der Waals surface area contributed by atoms with Gasteiger partial charge in [0.15, 0.2) is 0 Å². The molecule has 6 fully saturated rings. The van der Waals surface area contributed by atoms with Crippen LogP contribution < -0.4 is 0 Å². The summed E-state index contributed by atoms with van der Waals surface area (Å²) in [6.07, 6.45) is 3.71. The Balaban J connectivity index is 1.73. The van der Waals surface area contributed by atoms with Gasteiger partial charge in [0.1, 0.15) is 5.78 Å². The van der Waals surface area contributed by atoms with Gasteiger partial charge in [-0.3, -0.25) is 4.79 Å². The molecule has 0 radical (unpaired) electrons. The molecule has 0 aromatic carbocycles. The molecule has 0 spiro atoms. The van der Waals surface area contributed by atoms with Crippen LogP contribution in [0.15, 0.2) is 0 Å². The predicted molar refractivity (Wildman–Crippen MR) is 46.8 cm³/mol. The van der Waals surface area contributed by atoms with Gasteiger partial charge >= 0.3 is 0 Å². The number of hydrogen-bond acceptors (Lipinski definition) is 1. The zero-order valence-electron chi connectivity index (χ0n) is 7.65. The molecule has 0 N–H and O–H groups in total. The smallest absolute Gasteiger partial charge is 0.136 e. The Bertz CT molecular complexity index is 334. The van der Waals surface area contributed by atoms with Crippen LogP contribution in [-0.4, -0.2) is 5.78 Å². The highest BCUT2D eigenvalue weighted by Gasteiger charge is 2.81. The lowest BCUT2D eigenvalue weighted by atomic mass is 9.81. The maximum absolute atomic E-state index is 11.8. The van der Waals surface area contributed by atoms with E-state index < -0.39 is 0 Å². The van der Waals surface area contributed by atoms with Crippen LogP contribution in [0.4, 0.5) is 0 Å². The van der Waals surface area contributed by atoms with E-state index in [9.17, 15) is 4.79 Å². The summed E-state index contributed by atoms with van der Waals surface area (Å²) in [5.74, 6) is 8.35. The van der Waals surface area contributed by atoms with Crippen LogP contribution in [0.25, 0.3) is 0 Å². The fourth-order valence-corrected chi connectivity index (χ4v) is 6.22. The normalized spacial score (nSPS) is 74.9. The molecule has 6 rings (SSSR count). The molecule has 6 aliphatic rings. The van der Waals surface area contributed by atoms with Crippen LogP contribution in [-0.2, 0) is 4.79 Å². The highest BCUT2D eigenvalue weighted by atomic mass is 16.1. The molecular formula is C12H14O. The minimum Gasteiger partial charge on any atom is -0.299 e. The summed E-state index contributed by atoms with van der Waals surface area (Å²) in [6, 6.07) is 0. The van der Waals surface area contributed by atoms with E-state index in [0.29, 0.717) is 11.7 Å². The van der Waals surface area contributed by atoms with Crippen molar-refractivity contribution in [3.8, 4) is 0 Å². The van der Waals surface area contributed by atoms with Gasteiger partial charge in [-0.2, -0.15) is 0 Å². The number of Topliss-reactive ketones (excluding diaryl/α,β-unsaturated/α-hetero) is 1. The van der Waals surface area contributed by atoms with Gasteiger partial charge in [0.2, 0.25) is 0 Å². The van der Waals surface area contributed by atoms with Gasteiger partial charge in [-0.1, -0.05) is 0 Å². The van der Waals surface area contributed by atoms with Crippen molar-refractivity contribution in [2.45, 2.75) is 19.3 Å². The molecule has 1 nitrogen and oxygen atoms in total. The summed E-state index contributed by atoms with van der Waals surface area (Å²) in [7, 11) is 0. The van der Waals surface area contributed by atoms with Crippen molar-refractivity contribution >= 4 is 5.78 Å². The van der Waals surface area contributed by atoms with E-state index in [1.165, 1.54) is 12.8 Å². The third-order valence-corrected chi connectivity index (χ3v) is 6.18. The standard InChI is InChI=1S/C12H14O/c13-7-2-1-4-8-5-3-6-10(8)12(6)11(5)9(4)7/h4-6,8-12H,1-3H2/t4-,5+,6-,8+,9+,10-,11+,12-/m1/s1. The highest BCUT2D eigenvalue weighted by molar-refractivity contribution is 5.85. The molecule has 0 heterocycles. The number of rotatable bonds is 0. The largest absolute Gasteiger partial charge is 0.299 e. The second kappa shape index (κ2) is 1.51. The molecule has 0 aromatic heterocycles. The average Bonchev–Trinajstić information content (AvgIpc) is 2.58. The first kappa shape index (κ1) is 6.21. The summed E-state index contributed by atoms with van der Waals surface area (Å²) in [5.41, 5.74) is 0. The van der Waals surface area contributed by atoms with Crippen LogP contribution in [0.1, 0.15) is 19.3 Å². The zero-order chi connectivity index (χ0) is 8.32. The second-order valence-corrected chi connectivity index (χ2v) is 6.07. The molecule has 0 aliphatic heterocycles. The number of ketones is 1. The van der Waals surface area contributed by atoms with Crippen LogP contribution in [0.2, 0.25) is 0 Å². The Labute approximate surface area is 77.9 Å². The molecule has 6 aliphatic carbocycles. The van der Waals surface area contributed by atoms with Crippen molar-refractivity contribution in [2.75, 3.05) is 0 Å². The SMILES string of the molecule is O=C1CC[C@H]2[C@@H]1[C@@H]1[C@H]3C[C@@H]4[C@H]([C@@H]23)[C@@H]41. The lowest BCUT2D eigenvalue weighted by Gasteiger charge is -2.21. The molecule has 68 valence electrons. The van der Waals surface area contributed by atoms with Gasteiger partial charge in [0, 0.05) is 12.3 Å². The van der Waals surface area contributed by atoms with E-state index in [1.54, 1.807) is 0 Å². The second-order valence-electron chi connectivity index (χ2n) is 6.07. The van der Waals surface area contributed by atoms with Crippen molar-refractivity contribution in [1.29, 1.82) is 0 Å². The maximum Gasteiger partial charge on any atom is 0.136 e. The minimum absolute atomic E-state index is 0.573. The first-order valence-corrected chi connectivity index (χ1v) is 5.90. The number of hydrogen-bond donors (Lipinski definition) is 0. The molecule has 13 heavy (non-hydrogen) atoms. The van der Waals surface area contributed by atoms with Gasteiger partial charge in [-0.15, -0.1) is 0 Å². The summed E-state index contributed by atoms with van der Waals surface area (Å²) in [6.45, 7) is 0. The first-order valence-electron chi connectivity index (χ1n) is 5.90. The highest BCUT2D eigenvalue weighted by Crippen LogP contribution is 2.84. The van der Waals surface area contributed by atoms with Crippen LogP contribution in [0.3, 0.4) is 0 Å². The monoisotopic (exact) mass is 174 g/mol. The van der Waals surface area contributed by atoms with E-state index in [1.807, 2.05) is 0 Å². The third kappa shape index (κ3) is 0.425. The summed E-state index contributed by atoms with van der Waals surface area (Å²) < 4.78 is 0. The Hall–Kier alpha value is -0.330. The number of fused-ring (bicyclic) bond motifs is 1. The molecule has 0 unspecified atom stereocenters. The van der Waals surface area contributed by atoms with E-state index in [2.05, 4.69) is 0 Å². The minimum atomic E-state index is 0.573. The quantitative estimate of drug-likeness (QED) is 0.546. The lowest BCUT2D eigenvalue weighted by molar-refractivity contribution is -0.122. The van der Waals surface area contributed by atoms with Crippen molar-refractivity contribution in [3.05, 3.63) is 0 Å². The van der Waals surface area contributed by atoms with Crippen LogP contribution >= 0.6 is 0 Å². The Morgan fingerprint density at radius 2 is 1.69 bits per heavy atom. The van der Waals surface area contributed by atoms with Gasteiger partial charge in [-0.05, 0) is 54.3 Å². The summed E-state index contributed by atoms with van der Waals surface area (Å²) in [5, 5.41) is 0. The zero-order valence-corrected chi connectivity index (χ0v) is 7.65. The first-order chi connectivity index (χ1) is 6.38. The van der Waals surface area contributed by atoms with Crippen molar-refractivity contribution in [1.82, 2.24) is 0 Å². The summed E-state index contributed by atoms with van der Waals surface area (Å²) in [4.78, 5) is 11.8. The lowest BCUT2D eigenvalue weighted by Crippen LogP contribution is -2.23. The van der Waals surface area contributed by atoms with Crippen LogP contribution in [0.5, 0.6) is 0 Å².